The van der Waals surface area contributed by atoms with Crippen molar-refractivity contribution < 1.29 is 19.1 Å². The monoisotopic (exact) mass is 411 g/mol. The number of para-hydroxylation sites is 1. The number of H-pyrrole nitrogens is 1. The van der Waals surface area contributed by atoms with E-state index < -0.39 is 18.5 Å². The van der Waals surface area contributed by atoms with E-state index in [4.69, 9.17) is 16.3 Å². The van der Waals surface area contributed by atoms with Crippen LogP contribution < -0.4 is 10.6 Å². The van der Waals surface area contributed by atoms with Crippen molar-refractivity contribution in [2.75, 3.05) is 11.9 Å². The maximum Gasteiger partial charge on any atom is 0.356 e. The standard InChI is InChI=1S/C21H18ClN3O4/c22-18-15-6-1-2-7-16(15)25-19(18)21(28)29-11-17(26)23-14-5-3-4-12(10-14)20(27)24-13-8-9-13/h1-7,10,13,25H,8-9,11H2,(H,23,26)(H,24,27). The highest BCUT2D eigenvalue weighted by Gasteiger charge is 2.24. The van der Waals surface area contributed by atoms with Crippen LogP contribution in [0.1, 0.15) is 33.7 Å². The average molecular weight is 412 g/mol. The second kappa shape index (κ2) is 7.97. The number of fused-ring (bicyclic) bond motifs is 1. The number of ether oxygens (including phenoxy) is 1. The van der Waals surface area contributed by atoms with Crippen LogP contribution in [0.2, 0.25) is 5.02 Å². The molecule has 2 amide bonds. The van der Waals surface area contributed by atoms with Gasteiger partial charge in [-0.3, -0.25) is 9.59 Å². The van der Waals surface area contributed by atoms with Crippen LogP contribution in [0, 0.1) is 0 Å². The minimum absolute atomic E-state index is 0.0967. The fraction of sp³-hybridized carbons (Fsp3) is 0.190. The Labute approximate surface area is 171 Å². The quantitative estimate of drug-likeness (QED) is 0.540. The number of anilines is 1. The van der Waals surface area contributed by atoms with Crippen LogP contribution in [-0.4, -0.2) is 35.4 Å². The Balaban J connectivity index is 1.35. The second-order valence-corrected chi connectivity index (χ2v) is 7.19. The van der Waals surface area contributed by atoms with E-state index in [-0.39, 0.29) is 22.7 Å². The molecule has 3 aromatic rings. The normalized spacial score (nSPS) is 13.1. The zero-order valence-corrected chi connectivity index (χ0v) is 16.1. The molecule has 0 aliphatic heterocycles. The summed E-state index contributed by atoms with van der Waals surface area (Å²) in [5, 5.41) is 6.45. The van der Waals surface area contributed by atoms with Crippen molar-refractivity contribution in [3.63, 3.8) is 0 Å². The molecule has 1 aliphatic rings. The summed E-state index contributed by atoms with van der Waals surface area (Å²) < 4.78 is 5.07. The zero-order valence-electron chi connectivity index (χ0n) is 15.3. The van der Waals surface area contributed by atoms with Gasteiger partial charge in [-0.2, -0.15) is 0 Å². The van der Waals surface area contributed by atoms with Gasteiger partial charge in [0.05, 0.1) is 5.02 Å². The van der Waals surface area contributed by atoms with Gasteiger partial charge in [-0.25, -0.2) is 4.79 Å². The lowest BCUT2D eigenvalue weighted by atomic mass is 10.2. The second-order valence-electron chi connectivity index (χ2n) is 6.81. The Morgan fingerprint density at radius 3 is 2.66 bits per heavy atom. The highest BCUT2D eigenvalue weighted by molar-refractivity contribution is 6.38. The number of hydrogen-bond acceptors (Lipinski definition) is 4. The fourth-order valence-electron chi connectivity index (χ4n) is 2.88. The van der Waals surface area contributed by atoms with E-state index in [0.29, 0.717) is 22.2 Å². The fourth-order valence-corrected chi connectivity index (χ4v) is 3.17. The largest absolute Gasteiger partial charge is 0.451 e. The Kier molecular flexibility index (Phi) is 5.22. The topological polar surface area (TPSA) is 100 Å². The van der Waals surface area contributed by atoms with Gasteiger partial charge in [0.2, 0.25) is 0 Å². The number of carbonyl (C=O) groups is 3. The molecule has 1 fully saturated rings. The molecule has 0 unspecified atom stereocenters. The van der Waals surface area contributed by atoms with Crippen LogP contribution in [-0.2, 0) is 9.53 Å². The summed E-state index contributed by atoms with van der Waals surface area (Å²) in [5.41, 5.74) is 1.70. The molecule has 3 N–H and O–H groups in total. The smallest absolute Gasteiger partial charge is 0.356 e. The van der Waals surface area contributed by atoms with Gasteiger partial charge in [0.15, 0.2) is 6.61 Å². The van der Waals surface area contributed by atoms with Crippen LogP contribution >= 0.6 is 11.6 Å². The van der Waals surface area contributed by atoms with Crippen LogP contribution in [0.25, 0.3) is 10.9 Å². The zero-order chi connectivity index (χ0) is 20.4. The summed E-state index contributed by atoms with van der Waals surface area (Å²) in [6.45, 7) is -0.483. The molecule has 4 rings (SSSR count). The van der Waals surface area contributed by atoms with E-state index in [1.54, 1.807) is 36.4 Å². The third-order valence-corrected chi connectivity index (χ3v) is 4.89. The summed E-state index contributed by atoms with van der Waals surface area (Å²) in [7, 11) is 0. The van der Waals surface area contributed by atoms with E-state index in [2.05, 4.69) is 15.6 Å². The molecule has 1 saturated carbocycles. The van der Waals surface area contributed by atoms with Gasteiger partial charge in [0.25, 0.3) is 11.8 Å². The number of rotatable bonds is 6. The molecule has 0 saturated heterocycles. The molecule has 1 aromatic heterocycles. The lowest BCUT2D eigenvalue weighted by Gasteiger charge is -2.08. The van der Waals surface area contributed by atoms with Gasteiger partial charge < -0.3 is 20.4 Å². The van der Waals surface area contributed by atoms with Crippen molar-refractivity contribution in [3.05, 3.63) is 64.8 Å². The highest BCUT2D eigenvalue weighted by Crippen LogP contribution is 2.27. The molecule has 8 heteroatoms. The van der Waals surface area contributed by atoms with Crippen LogP contribution in [0.15, 0.2) is 48.5 Å². The molecule has 29 heavy (non-hydrogen) atoms. The van der Waals surface area contributed by atoms with Crippen LogP contribution in [0.3, 0.4) is 0 Å². The third kappa shape index (κ3) is 4.41. The van der Waals surface area contributed by atoms with Gasteiger partial charge in [-0.15, -0.1) is 0 Å². The number of esters is 1. The molecule has 1 aliphatic carbocycles. The summed E-state index contributed by atoms with van der Waals surface area (Å²) in [4.78, 5) is 39.4. The molecular formula is C21H18ClN3O4. The van der Waals surface area contributed by atoms with Gasteiger partial charge in [-0.05, 0) is 37.1 Å². The van der Waals surface area contributed by atoms with Gasteiger partial charge in [-0.1, -0.05) is 35.9 Å². The van der Waals surface area contributed by atoms with E-state index in [1.807, 2.05) is 12.1 Å². The van der Waals surface area contributed by atoms with Crippen molar-refractivity contribution in [1.29, 1.82) is 0 Å². The van der Waals surface area contributed by atoms with E-state index >= 15 is 0 Å². The predicted octanol–water partition coefficient (Wildman–Crippen LogP) is 3.51. The van der Waals surface area contributed by atoms with Gasteiger partial charge in [0.1, 0.15) is 5.69 Å². The maximum absolute atomic E-state index is 12.3. The van der Waals surface area contributed by atoms with Crippen LogP contribution in [0.5, 0.6) is 0 Å². The average Bonchev–Trinajstić information content (AvgIpc) is 3.48. The molecule has 2 aromatic carbocycles. The van der Waals surface area contributed by atoms with Crippen molar-refractivity contribution in [1.82, 2.24) is 10.3 Å². The van der Waals surface area contributed by atoms with Crippen molar-refractivity contribution in [2.45, 2.75) is 18.9 Å². The summed E-state index contributed by atoms with van der Waals surface area (Å²) in [6.07, 6.45) is 1.99. The number of aromatic amines is 1. The van der Waals surface area contributed by atoms with E-state index in [9.17, 15) is 14.4 Å². The SMILES string of the molecule is O=C(COC(=O)c1[nH]c2ccccc2c1Cl)Nc1cccc(C(=O)NC2CC2)c1. The van der Waals surface area contributed by atoms with Gasteiger partial charge >= 0.3 is 5.97 Å². The van der Waals surface area contributed by atoms with Crippen molar-refractivity contribution >= 4 is 46.0 Å². The van der Waals surface area contributed by atoms with Crippen LogP contribution in [0.4, 0.5) is 5.69 Å². The molecule has 148 valence electrons. The number of amides is 2. The number of carbonyl (C=O) groups excluding carboxylic acids is 3. The molecule has 7 nitrogen and oxygen atoms in total. The number of hydrogen-bond donors (Lipinski definition) is 3. The lowest BCUT2D eigenvalue weighted by molar-refractivity contribution is -0.119. The number of aromatic nitrogens is 1. The van der Waals surface area contributed by atoms with Crippen molar-refractivity contribution in [2.24, 2.45) is 0 Å². The first-order valence-corrected chi connectivity index (χ1v) is 9.53. The number of nitrogens with one attached hydrogen (secondary N) is 3. The molecule has 0 spiro atoms. The Morgan fingerprint density at radius 2 is 1.90 bits per heavy atom. The number of halogens is 1. The molecule has 1 heterocycles. The minimum Gasteiger partial charge on any atom is -0.451 e. The molecule has 0 bridgehead atoms. The lowest BCUT2D eigenvalue weighted by Crippen LogP contribution is -2.25. The number of benzene rings is 2. The summed E-state index contributed by atoms with van der Waals surface area (Å²) >= 11 is 6.21. The minimum atomic E-state index is -0.723. The first-order valence-electron chi connectivity index (χ1n) is 9.15. The Bertz CT molecular complexity index is 1100. The molecular weight excluding hydrogens is 394 g/mol. The van der Waals surface area contributed by atoms with Crippen molar-refractivity contribution in [3.8, 4) is 0 Å². The predicted molar refractivity (Wildman–Crippen MR) is 109 cm³/mol. The molecule has 0 radical (unpaired) electrons. The van der Waals surface area contributed by atoms with E-state index in [0.717, 1.165) is 12.8 Å². The molecule has 0 atom stereocenters. The first kappa shape index (κ1) is 19.0. The third-order valence-electron chi connectivity index (χ3n) is 4.50. The Hall–Kier alpha value is -3.32. The first-order chi connectivity index (χ1) is 14.0. The summed E-state index contributed by atoms with van der Waals surface area (Å²) in [6, 6.07) is 14.0. The van der Waals surface area contributed by atoms with Gasteiger partial charge in [0, 0.05) is 28.2 Å². The maximum atomic E-state index is 12.3. The Morgan fingerprint density at radius 1 is 1.10 bits per heavy atom. The van der Waals surface area contributed by atoms with E-state index in [1.165, 1.54) is 0 Å². The summed E-state index contributed by atoms with van der Waals surface area (Å²) in [5.74, 6) is -1.42. The highest BCUT2D eigenvalue weighted by atomic mass is 35.5.